The van der Waals surface area contributed by atoms with Crippen molar-refractivity contribution >= 4 is 23.1 Å². The minimum absolute atomic E-state index is 0.270. The van der Waals surface area contributed by atoms with Gasteiger partial charge in [-0.1, -0.05) is 18.2 Å². The summed E-state index contributed by atoms with van der Waals surface area (Å²) in [5.41, 5.74) is 1.73. The van der Waals surface area contributed by atoms with Gasteiger partial charge >= 0.3 is 5.97 Å². The second kappa shape index (κ2) is 6.54. The van der Waals surface area contributed by atoms with Gasteiger partial charge in [0.05, 0.1) is 23.4 Å². The molecule has 0 unspecified atom stereocenters. The lowest BCUT2D eigenvalue weighted by Gasteiger charge is -2.09. The van der Waals surface area contributed by atoms with E-state index in [-0.39, 0.29) is 12.5 Å². The lowest BCUT2D eigenvalue weighted by Crippen LogP contribution is -2.16. The van der Waals surface area contributed by atoms with Gasteiger partial charge in [-0.15, -0.1) is 0 Å². The van der Waals surface area contributed by atoms with Crippen molar-refractivity contribution in [3.05, 3.63) is 65.7 Å². The first-order valence-corrected chi connectivity index (χ1v) is 7.63. The summed E-state index contributed by atoms with van der Waals surface area (Å²) in [6, 6.07) is 12.3. The number of fused-ring (bicyclic) bond motifs is 1. The maximum atomic E-state index is 12.6. The molecule has 2 heterocycles. The van der Waals surface area contributed by atoms with Gasteiger partial charge < -0.3 is 14.5 Å². The summed E-state index contributed by atoms with van der Waals surface area (Å²) in [6.07, 6.45) is 1.85. The Bertz CT molecular complexity index is 915. The molecule has 0 saturated heterocycles. The number of carbonyl (C=O) groups is 2. The summed E-state index contributed by atoms with van der Waals surface area (Å²) in [4.78, 5) is 29.0. The van der Waals surface area contributed by atoms with E-state index in [2.05, 4.69) is 10.3 Å². The van der Waals surface area contributed by atoms with Gasteiger partial charge in [-0.25, -0.2) is 9.78 Å². The molecule has 6 nitrogen and oxygen atoms in total. The average Bonchev–Trinajstić information content (AvgIpc) is 2.93. The molecule has 0 radical (unpaired) electrons. The van der Waals surface area contributed by atoms with Crippen molar-refractivity contribution in [3.63, 3.8) is 0 Å². The van der Waals surface area contributed by atoms with E-state index in [9.17, 15) is 9.59 Å². The topological polar surface area (TPSA) is 72.7 Å². The normalized spacial score (nSPS) is 10.6. The van der Waals surface area contributed by atoms with Gasteiger partial charge in [-0.2, -0.15) is 0 Å². The zero-order valence-corrected chi connectivity index (χ0v) is 13.4. The molecule has 0 saturated carbocycles. The Morgan fingerprint density at radius 3 is 2.71 bits per heavy atom. The summed E-state index contributed by atoms with van der Waals surface area (Å²) < 4.78 is 6.86. The fourth-order valence-electron chi connectivity index (χ4n) is 2.52. The SMILES string of the molecule is CCOC(=O)c1ccccc1NC(=O)c1nc(C)n2ccccc12. The van der Waals surface area contributed by atoms with E-state index >= 15 is 0 Å². The number of carbonyl (C=O) groups excluding carboxylic acids is 2. The number of ether oxygens (including phenoxy) is 1. The predicted octanol–water partition coefficient (Wildman–Crippen LogP) is 3.07. The number of benzene rings is 1. The molecule has 1 amide bonds. The summed E-state index contributed by atoms with van der Waals surface area (Å²) >= 11 is 0. The van der Waals surface area contributed by atoms with Crippen molar-refractivity contribution < 1.29 is 14.3 Å². The van der Waals surface area contributed by atoms with Crippen molar-refractivity contribution in [3.8, 4) is 0 Å². The van der Waals surface area contributed by atoms with Gasteiger partial charge in [-0.3, -0.25) is 4.79 Å². The third-order valence-electron chi connectivity index (χ3n) is 3.61. The highest BCUT2D eigenvalue weighted by molar-refractivity contribution is 6.10. The molecule has 122 valence electrons. The van der Waals surface area contributed by atoms with Gasteiger partial charge in [-0.05, 0) is 38.1 Å². The highest BCUT2D eigenvalue weighted by Gasteiger charge is 2.19. The van der Waals surface area contributed by atoms with Crippen LogP contribution in [0.3, 0.4) is 0 Å². The fraction of sp³-hybridized carbons (Fsp3) is 0.167. The zero-order chi connectivity index (χ0) is 17.1. The van der Waals surface area contributed by atoms with E-state index in [1.807, 2.05) is 35.7 Å². The number of esters is 1. The van der Waals surface area contributed by atoms with Crippen molar-refractivity contribution in [2.75, 3.05) is 11.9 Å². The quantitative estimate of drug-likeness (QED) is 0.749. The molecule has 1 N–H and O–H groups in total. The maximum absolute atomic E-state index is 12.6. The highest BCUT2D eigenvalue weighted by Crippen LogP contribution is 2.19. The van der Waals surface area contributed by atoms with Crippen LogP contribution in [0.25, 0.3) is 5.52 Å². The minimum Gasteiger partial charge on any atom is -0.462 e. The van der Waals surface area contributed by atoms with Gasteiger partial charge in [0, 0.05) is 6.20 Å². The second-order valence-corrected chi connectivity index (χ2v) is 5.18. The average molecular weight is 323 g/mol. The van der Waals surface area contributed by atoms with Crippen LogP contribution >= 0.6 is 0 Å². The lowest BCUT2D eigenvalue weighted by atomic mass is 10.1. The number of hydrogen-bond acceptors (Lipinski definition) is 4. The number of nitrogens with zero attached hydrogens (tertiary/aromatic N) is 2. The molecule has 0 atom stereocenters. The smallest absolute Gasteiger partial charge is 0.340 e. The number of anilines is 1. The van der Waals surface area contributed by atoms with Crippen LogP contribution in [0.1, 0.15) is 33.6 Å². The van der Waals surface area contributed by atoms with Crippen LogP contribution in [-0.4, -0.2) is 27.9 Å². The zero-order valence-electron chi connectivity index (χ0n) is 13.4. The van der Waals surface area contributed by atoms with E-state index < -0.39 is 5.97 Å². The summed E-state index contributed by atoms with van der Waals surface area (Å²) in [5.74, 6) is -0.128. The van der Waals surface area contributed by atoms with Crippen molar-refractivity contribution in [2.45, 2.75) is 13.8 Å². The maximum Gasteiger partial charge on any atom is 0.340 e. The summed E-state index contributed by atoms with van der Waals surface area (Å²) in [6.45, 7) is 3.83. The molecule has 3 aromatic rings. The van der Waals surface area contributed by atoms with E-state index in [1.165, 1.54) is 0 Å². The van der Waals surface area contributed by atoms with Gasteiger partial charge in [0.15, 0.2) is 5.69 Å². The Balaban J connectivity index is 1.94. The Kier molecular flexibility index (Phi) is 4.29. The molecule has 0 aliphatic carbocycles. The number of nitrogens with one attached hydrogen (secondary N) is 1. The van der Waals surface area contributed by atoms with Gasteiger partial charge in [0.25, 0.3) is 5.91 Å². The van der Waals surface area contributed by atoms with Crippen LogP contribution in [0, 0.1) is 6.92 Å². The molecule has 0 spiro atoms. The summed E-state index contributed by atoms with van der Waals surface area (Å²) in [5, 5.41) is 2.76. The number of imidazole rings is 1. The van der Waals surface area contributed by atoms with Crippen LogP contribution in [-0.2, 0) is 4.74 Å². The van der Waals surface area contributed by atoms with E-state index in [4.69, 9.17) is 4.74 Å². The van der Waals surface area contributed by atoms with Gasteiger partial charge in [0.2, 0.25) is 0 Å². The third kappa shape index (κ3) is 2.86. The number of aryl methyl sites for hydroxylation is 1. The molecule has 0 fully saturated rings. The number of pyridine rings is 1. The van der Waals surface area contributed by atoms with E-state index in [1.54, 1.807) is 31.2 Å². The number of rotatable bonds is 4. The second-order valence-electron chi connectivity index (χ2n) is 5.18. The first-order valence-electron chi connectivity index (χ1n) is 7.63. The Morgan fingerprint density at radius 2 is 1.92 bits per heavy atom. The Hall–Kier alpha value is -3.15. The molecular formula is C18H17N3O3. The van der Waals surface area contributed by atoms with Crippen LogP contribution in [0.5, 0.6) is 0 Å². The van der Waals surface area contributed by atoms with E-state index in [0.29, 0.717) is 22.5 Å². The molecule has 1 aromatic carbocycles. The van der Waals surface area contributed by atoms with Crippen LogP contribution < -0.4 is 5.32 Å². The third-order valence-corrected chi connectivity index (χ3v) is 3.61. The van der Waals surface area contributed by atoms with E-state index in [0.717, 1.165) is 5.82 Å². The highest BCUT2D eigenvalue weighted by atomic mass is 16.5. The minimum atomic E-state index is -0.473. The number of hydrogen-bond donors (Lipinski definition) is 1. The molecular weight excluding hydrogens is 306 g/mol. The number of amides is 1. The fourth-order valence-corrected chi connectivity index (χ4v) is 2.52. The monoisotopic (exact) mass is 323 g/mol. The molecule has 3 rings (SSSR count). The van der Waals surface area contributed by atoms with Crippen LogP contribution in [0.2, 0.25) is 0 Å². The van der Waals surface area contributed by atoms with Crippen LogP contribution in [0.4, 0.5) is 5.69 Å². The van der Waals surface area contributed by atoms with Crippen molar-refractivity contribution in [1.29, 1.82) is 0 Å². The van der Waals surface area contributed by atoms with Crippen molar-refractivity contribution in [2.24, 2.45) is 0 Å². The molecule has 0 bridgehead atoms. The number of para-hydroxylation sites is 1. The molecule has 24 heavy (non-hydrogen) atoms. The lowest BCUT2D eigenvalue weighted by molar-refractivity contribution is 0.0527. The first kappa shape index (κ1) is 15.7. The standard InChI is InChI=1S/C18H17N3O3/c1-3-24-18(23)13-8-4-5-9-14(13)20-17(22)16-15-10-6-7-11-21(15)12(2)19-16/h4-11H,3H2,1-2H3,(H,20,22). The summed E-state index contributed by atoms with van der Waals surface area (Å²) in [7, 11) is 0. The number of aromatic nitrogens is 2. The van der Waals surface area contributed by atoms with Crippen molar-refractivity contribution in [1.82, 2.24) is 9.38 Å². The molecule has 2 aromatic heterocycles. The Labute approximate surface area is 139 Å². The first-order chi connectivity index (χ1) is 11.6. The molecule has 0 aliphatic rings. The molecule has 6 heteroatoms. The largest absolute Gasteiger partial charge is 0.462 e. The molecule has 0 aliphatic heterocycles. The predicted molar refractivity (Wildman–Crippen MR) is 90.3 cm³/mol. The van der Waals surface area contributed by atoms with Crippen LogP contribution in [0.15, 0.2) is 48.7 Å². The Morgan fingerprint density at radius 1 is 1.17 bits per heavy atom. The van der Waals surface area contributed by atoms with Gasteiger partial charge in [0.1, 0.15) is 5.82 Å².